The molecule has 0 saturated heterocycles. The van der Waals surface area contributed by atoms with Gasteiger partial charge in [0.25, 0.3) is 0 Å². The van der Waals surface area contributed by atoms with Crippen LogP contribution >= 0.6 is 0 Å². The van der Waals surface area contributed by atoms with Crippen molar-refractivity contribution >= 4 is 10.1 Å². The second kappa shape index (κ2) is 9.58. The molecule has 0 saturated carbocycles. The van der Waals surface area contributed by atoms with Gasteiger partial charge in [0, 0.05) is 0 Å². The molecule has 28 heavy (non-hydrogen) atoms. The van der Waals surface area contributed by atoms with E-state index in [1.54, 1.807) is 62.4 Å². The molecule has 0 aromatic heterocycles. The van der Waals surface area contributed by atoms with Crippen LogP contribution in [0.3, 0.4) is 0 Å². The largest absolute Gasteiger partial charge is 0.744 e. The Morgan fingerprint density at radius 1 is 0.786 bits per heavy atom. The molecule has 0 spiro atoms. The highest BCUT2D eigenvalue weighted by atomic mass is 127. The van der Waals surface area contributed by atoms with Crippen LogP contribution in [0, 0.1) is 39.5 Å². The summed E-state index contributed by atoms with van der Waals surface area (Å²) in [6.07, 6.45) is 0. The molecule has 0 aliphatic rings. The predicted octanol–water partition coefficient (Wildman–Crippen LogP) is 1.61. The van der Waals surface area contributed by atoms with Crippen LogP contribution in [0.4, 0.5) is 8.78 Å². The summed E-state index contributed by atoms with van der Waals surface area (Å²) in [6.45, 7) is 5.12. The van der Waals surface area contributed by atoms with Crippen LogP contribution in [0.1, 0.15) is 16.7 Å². The molecule has 0 heterocycles. The highest BCUT2D eigenvalue weighted by molar-refractivity contribution is 7.85. The fraction of sp³-hybridized carbons (Fsp3) is 0.143. The van der Waals surface area contributed by atoms with Crippen LogP contribution in [0.25, 0.3) is 0 Å². The summed E-state index contributed by atoms with van der Waals surface area (Å²) in [7, 11) is -4.33. The molecule has 7 heteroatoms. The summed E-state index contributed by atoms with van der Waals surface area (Å²) >= 11 is -0.765. The minimum absolute atomic E-state index is 0.0851. The third-order valence-electron chi connectivity index (χ3n) is 3.71. The second-order valence-corrected chi connectivity index (χ2v) is 10.3. The standard InChI is InChI=1S/C12H8F2I.C9H12O3S/c13-9-5-1-3-7-11(9)15-12-8-4-2-6-10(12)14;1-6-4-7(2)9(8(3)5-6)13(10,11)12/h1-8H;4-5H,1-3H3,(H,10,11,12)/q+1;/p-1. The van der Waals surface area contributed by atoms with E-state index in [1.165, 1.54) is 12.1 Å². The van der Waals surface area contributed by atoms with E-state index in [2.05, 4.69) is 0 Å². The zero-order valence-electron chi connectivity index (χ0n) is 15.5. The SMILES string of the molecule is Cc1cc(C)c(S(=O)(=O)[O-])c(C)c1.Fc1ccccc1[I+]c1ccccc1F. The molecule has 0 fully saturated rings. The lowest BCUT2D eigenvalue weighted by molar-refractivity contribution is -0.603. The van der Waals surface area contributed by atoms with Crippen molar-refractivity contribution in [3.8, 4) is 0 Å². The summed E-state index contributed by atoms with van der Waals surface area (Å²) < 4.78 is 60.4. The van der Waals surface area contributed by atoms with Gasteiger partial charge in [0.15, 0.2) is 11.6 Å². The Labute approximate surface area is 174 Å². The predicted molar refractivity (Wildman–Crippen MR) is 98.8 cm³/mol. The van der Waals surface area contributed by atoms with Gasteiger partial charge in [0.2, 0.25) is 7.14 Å². The molecule has 3 aromatic rings. The normalized spacial score (nSPS) is 10.9. The summed E-state index contributed by atoms with van der Waals surface area (Å²) in [6, 6.07) is 16.5. The van der Waals surface area contributed by atoms with E-state index in [4.69, 9.17) is 0 Å². The molecule has 0 amide bonds. The number of aryl methyl sites for hydroxylation is 3. The van der Waals surface area contributed by atoms with Crippen molar-refractivity contribution in [2.24, 2.45) is 0 Å². The Hall–Kier alpha value is -1.84. The first-order valence-corrected chi connectivity index (χ1v) is 11.8. The minimum atomic E-state index is -4.33. The zero-order valence-corrected chi connectivity index (χ0v) is 18.5. The van der Waals surface area contributed by atoms with E-state index in [1.807, 2.05) is 6.92 Å². The Kier molecular flexibility index (Phi) is 7.68. The Morgan fingerprint density at radius 2 is 1.18 bits per heavy atom. The first kappa shape index (κ1) is 22.4. The van der Waals surface area contributed by atoms with Gasteiger partial charge in [0.1, 0.15) is 10.1 Å². The molecule has 0 unspecified atom stereocenters. The minimum Gasteiger partial charge on any atom is -0.744 e. The Balaban J connectivity index is 0.000000203. The molecule has 148 valence electrons. The maximum absolute atomic E-state index is 13.3. The highest BCUT2D eigenvalue weighted by Gasteiger charge is 2.22. The van der Waals surface area contributed by atoms with Gasteiger partial charge in [-0.05, 0) is 56.2 Å². The fourth-order valence-electron chi connectivity index (χ4n) is 2.70. The summed E-state index contributed by atoms with van der Waals surface area (Å²) in [5.74, 6) is -0.484. The van der Waals surface area contributed by atoms with Crippen molar-refractivity contribution in [2.45, 2.75) is 25.7 Å². The van der Waals surface area contributed by atoms with Gasteiger partial charge < -0.3 is 4.55 Å². The smallest absolute Gasteiger partial charge is 0.364 e. The van der Waals surface area contributed by atoms with Gasteiger partial charge in [-0.3, -0.25) is 0 Å². The number of halogens is 3. The molecule has 0 aliphatic heterocycles. The van der Waals surface area contributed by atoms with Crippen molar-refractivity contribution in [1.82, 2.24) is 0 Å². The van der Waals surface area contributed by atoms with Crippen molar-refractivity contribution in [3.63, 3.8) is 0 Å². The summed E-state index contributed by atoms with van der Waals surface area (Å²) in [4.78, 5) is -0.0851. The maximum Gasteiger partial charge on any atom is 0.364 e. The molecule has 3 aromatic carbocycles. The Bertz CT molecular complexity index is 1020. The molecule has 0 atom stereocenters. The topological polar surface area (TPSA) is 57.2 Å². The van der Waals surface area contributed by atoms with Crippen molar-refractivity contribution in [3.05, 3.63) is 96.1 Å². The van der Waals surface area contributed by atoms with E-state index in [0.29, 0.717) is 18.3 Å². The van der Waals surface area contributed by atoms with Crippen LogP contribution in [0.15, 0.2) is 65.6 Å². The molecule has 0 aliphatic carbocycles. The van der Waals surface area contributed by atoms with Gasteiger partial charge >= 0.3 is 21.2 Å². The molecule has 0 radical (unpaired) electrons. The quantitative estimate of drug-likeness (QED) is 0.393. The molecule has 0 bridgehead atoms. The van der Waals surface area contributed by atoms with Crippen LogP contribution in [0.2, 0.25) is 0 Å². The van der Waals surface area contributed by atoms with Crippen molar-refractivity contribution in [1.29, 1.82) is 0 Å². The van der Waals surface area contributed by atoms with Crippen LogP contribution in [0.5, 0.6) is 0 Å². The van der Waals surface area contributed by atoms with E-state index >= 15 is 0 Å². The number of hydrogen-bond donors (Lipinski definition) is 0. The average molecular weight is 516 g/mol. The van der Waals surface area contributed by atoms with Crippen molar-refractivity contribution in [2.75, 3.05) is 0 Å². The van der Waals surface area contributed by atoms with Gasteiger partial charge in [-0.15, -0.1) is 0 Å². The second-order valence-electron chi connectivity index (χ2n) is 6.10. The number of rotatable bonds is 3. The lowest BCUT2D eigenvalue weighted by atomic mass is 10.1. The third kappa shape index (κ3) is 6.08. The number of hydrogen-bond acceptors (Lipinski definition) is 3. The van der Waals surface area contributed by atoms with Crippen molar-refractivity contribution < 1.29 is 43.0 Å². The monoisotopic (exact) mass is 516 g/mol. The number of benzene rings is 3. The molecule has 0 N–H and O–H groups in total. The average Bonchev–Trinajstić information content (AvgIpc) is 2.57. The van der Waals surface area contributed by atoms with Gasteiger partial charge in [-0.1, -0.05) is 42.0 Å². The summed E-state index contributed by atoms with van der Waals surface area (Å²) in [5.41, 5.74) is 2.00. The Morgan fingerprint density at radius 3 is 1.54 bits per heavy atom. The van der Waals surface area contributed by atoms with Crippen LogP contribution < -0.4 is 21.2 Å². The highest BCUT2D eigenvalue weighted by Crippen LogP contribution is 2.20. The van der Waals surface area contributed by atoms with E-state index in [-0.39, 0.29) is 16.5 Å². The van der Waals surface area contributed by atoms with Crippen LogP contribution in [-0.2, 0) is 10.1 Å². The van der Waals surface area contributed by atoms with Gasteiger partial charge in [0.05, 0.1) is 4.90 Å². The lowest BCUT2D eigenvalue weighted by Crippen LogP contribution is -3.62. The van der Waals surface area contributed by atoms with Gasteiger partial charge in [-0.2, -0.15) is 0 Å². The molecule has 3 rings (SSSR count). The van der Waals surface area contributed by atoms with Gasteiger partial charge in [-0.25, -0.2) is 17.2 Å². The van der Waals surface area contributed by atoms with E-state index < -0.39 is 31.3 Å². The zero-order chi connectivity index (χ0) is 20.9. The first-order valence-electron chi connectivity index (χ1n) is 8.27. The molecule has 3 nitrogen and oxygen atoms in total. The van der Waals surface area contributed by atoms with E-state index in [9.17, 15) is 21.8 Å². The third-order valence-corrected chi connectivity index (χ3v) is 7.76. The molecular weight excluding hydrogens is 497 g/mol. The lowest BCUT2D eigenvalue weighted by Gasteiger charge is -2.14. The maximum atomic E-state index is 13.3. The molecular formula is C21H19F2IO3S. The van der Waals surface area contributed by atoms with Crippen LogP contribution in [-0.4, -0.2) is 13.0 Å². The van der Waals surface area contributed by atoms with E-state index in [0.717, 1.165) is 5.56 Å². The first-order chi connectivity index (χ1) is 13.1. The fourth-order valence-corrected chi connectivity index (χ4v) is 5.88. The summed E-state index contributed by atoms with van der Waals surface area (Å²) in [5, 5.41) is 0.